The van der Waals surface area contributed by atoms with Gasteiger partial charge in [0.15, 0.2) is 0 Å². The number of aliphatic hydroxyl groups is 1. The van der Waals surface area contributed by atoms with Crippen LogP contribution in [-0.4, -0.2) is 11.7 Å². The highest BCUT2D eigenvalue weighted by atomic mass is 16.3. The molecule has 1 aromatic rings. The first-order chi connectivity index (χ1) is 5.88. The number of nitrogens with zero attached hydrogens (tertiary/aromatic N) is 1. The van der Waals surface area contributed by atoms with E-state index in [9.17, 15) is 0 Å². The van der Waals surface area contributed by atoms with Crippen LogP contribution < -0.4 is 0 Å². The van der Waals surface area contributed by atoms with Crippen molar-refractivity contribution in [1.29, 1.82) is 5.26 Å². The van der Waals surface area contributed by atoms with E-state index in [1.54, 1.807) is 0 Å². The van der Waals surface area contributed by atoms with Gasteiger partial charge < -0.3 is 5.11 Å². The molecular formula is C10H11NO. The van der Waals surface area contributed by atoms with Crippen LogP contribution in [0.2, 0.25) is 0 Å². The van der Waals surface area contributed by atoms with Crippen LogP contribution in [0.1, 0.15) is 17.9 Å². The summed E-state index contributed by atoms with van der Waals surface area (Å²) in [6.07, 6.45) is 0.376. The zero-order chi connectivity index (χ0) is 8.81. The van der Waals surface area contributed by atoms with Gasteiger partial charge >= 0.3 is 0 Å². The second-order valence-corrected chi connectivity index (χ2v) is 2.65. The van der Waals surface area contributed by atoms with Crippen molar-refractivity contribution in [2.24, 2.45) is 0 Å². The van der Waals surface area contributed by atoms with Crippen LogP contribution in [0.3, 0.4) is 0 Å². The summed E-state index contributed by atoms with van der Waals surface area (Å²) in [5.74, 6) is -0.0313. The molecule has 0 aromatic heterocycles. The van der Waals surface area contributed by atoms with Crippen LogP contribution in [-0.2, 0) is 0 Å². The standard InChI is InChI=1S/C10H11NO/c11-7-6-10(8-12)9-4-2-1-3-5-9/h1-5,10,12H,6,8H2. The van der Waals surface area contributed by atoms with Crippen molar-refractivity contribution >= 4 is 0 Å². The van der Waals surface area contributed by atoms with Gasteiger partial charge in [-0.3, -0.25) is 0 Å². The summed E-state index contributed by atoms with van der Waals surface area (Å²) in [7, 11) is 0. The molecule has 0 radical (unpaired) electrons. The van der Waals surface area contributed by atoms with E-state index < -0.39 is 0 Å². The molecule has 0 heterocycles. The summed E-state index contributed by atoms with van der Waals surface area (Å²) in [5.41, 5.74) is 1.03. The van der Waals surface area contributed by atoms with Gasteiger partial charge in [-0.15, -0.1) is 0 Å². The van der Waals surface area contributed by atoms with Gasteiger partial charge in [-0.1, -0.05) is 30.3 Å². The fourth-order valence-electron chi connectivity index (χ4n) is 1.12. The fraction of sp³-hybridized carbons (Fsp3) is 0.300. The minimum Gasteiger partial charge on any atom is -0.396 e. The highest BCUT2D eigenvalue weighted by molar-refractivity contribution is 5.20. The molecule has 0 spiro atoms. The van der Waals surface area contributed by atoms with Crippen molar-refractivity contribution < 1.29 is 5.11 Å². The summed E-state index contributed by atoms with van der Waals surface area (Å²) in [5, 5.41) is 17.4. The lowest BCUT2D eigenvalue weighted by molar-refractivity contribution is 0.266. The average molecular weight is 161 g/mol. The molecule has 0 fully saturated rings. The third kappa shape index (κ3) is 2.08. The summed E-state index contributed by atoms with van der Waals surface area (Å²) >= 11 is 0. The molecule has 1 atom stereocenters. The highest BCUT2D eigenvalue weighted by Crippen LogP contribution is 2.17. The summed E-state index contributed by atoms with van der Waals surface area (Å²) in [6, 6.07) is 11.7. The Morgan fingerprint density at radius 1 is 1.33 bits per heavy atom. The number of benzene rings is 1. The first-order valence-corrected chi connectivity index (χ1v) is 3.91. The minimum atomic E-state index is -0.0313. The van der Waals surface area contributed by atoms with Gasteiger partial charge in [0, 0.05) is 12.3 Å². The molecule has 12 heavy (non-hydrogen) atoms. The van der Waals surface area contributed by atoms with E-state index >= 15 is 0 Å². The van der Waals surface area contributed by atoms with Crippen LogP contribution in [0.15, 0.2) is 30.3 Å². The Labute approximate surface area is 72.1 Å². The van der Waals surface area contributed by atoms with Gasteiger partial charge in [0.2, 0.25) is 0 Å². The third-order valence-electron chi connectivity index (χ3n) is 1.83. The molecule has 0 amide bonds. The van der Waals surface area contributed by atoms with E-state index in [2.05, 4.69) is 6.07 Å². The van der Waals surface area contributed by atoms with Crippen molar-refractivity contribution in [3.05, 3.63) is 35.9 Å². The molecule has 0 aliphatic rings. The predicted molar refractivity (Wildman–Crippen MR) is 46.5 cm³/mol. The number of hydrogen-bond donors (Lipinski definition) is 1. The average Bonchev–Trinajstić information content (AvgIpc) is 2.15. The first-order valence-electron chi connectivity index (χ1n) is 3.91. The van der Waals surface area contributed by atoms with Gasteiger partial charge in [0.25, 0.3) is 0 Å². The maximum absolute atomic E-state index is 8.96. The van der Waals surface area contributed by atoms with Gasteiger partial charge in [0.05, 0.1) is 12.7 Å². The van der Waals surface area contributed by atoms with E-state index in [4.69, 9.17) is 10.4 Å². The van der Waals surface area contributed by atoms with E-state index in [-0.39, 0.29) is 12.5 Å². The Balaban J connectivity index is 2.75. The number of rotatable bonds is 3. The normalized spacial score (nSPS) is 12.0. The molecule has 0 aliphatic carbocycles. The van der Waals surface area contributed by atoms with Crippen LogP contribution >= 0.6 is 0 Å². The Hall–Kier alpha value is -1.33. The van der Waals surface area contributed by atoms with Crippen LogP contribution in [0.25, 0.3) is 0 Å². The van der Waals surface area contributed by atoms with Crippen molar-refractivity contribution in [1.82, 2.24) is 0 Å². The largest absolute Gasteiger partial charge is 0.396 e. The zero-order valence-corrected chi connectivity index (χ0v) is 6.77. The minimum absolute atomic E-state index is 0.0313. The molecule has 0 aliphatic heterocycles. The summed E-state index contributed by atoms with van der Waals surface area (Å²) in [4.78, 5) is 0. The lowest BCUT2D eigenvalue weighted by Crippen LogP contribution is -2.02. The van der Waals surface area contributed by atoms with E-state index in [1.807, 2.05) is 30.3 Å². The second-order valence-electron chi connectivity index (χ2n) is 2.65. The molecule has 2 nitrogen and oxygen atoms in total. The zero-order valence-electron chi connectivity index (χ0n) is 6.77. The topological polar surface area (TPSA) is 44.0 Å². The molecule has 1 rings (SSSR count). The molecule has 62 valence electrons. The third-order valence-corrected chi connectivity index (χ3v) is 1.83. The van der Waals surface area contributed by atoms with Gasteiger partial charge in [0.1, 0.15) is 0 Å². The maximum atomic E-state index is 8.96. The van der Waals surface area contributed by atoms with E-state index in [0.29, 0.717) is 6.42 Å². The Morgan fingerprint density at radius 2 is 2.00 bits per heavy atom. The number of aliphatic hydroxyl groups excluding tert-OH is 1. The van der Waals surface area contributed by atoms with Crippen LogP contribution in [0.5, 0.6) is 0 Å². The van der Waals surface area contributed by atoms with Gasteiger partial charge in [-0.25, -0.2) is 0 Å². The molecule has 1 N–H and O–H groups in total. The molecule has 1 unspecified atom stereocenters. The molecule has 0 saturated heterocycles. The quantitative estimate of drug-likeness (QED) is 0.732. The van der Waals surface area contributed by atoms with Crippen molar-refractivity contribution in [3.63, 3.8) is 0 Å². The van der Waals surface area contributed by atoms with Crippen molar-refractivity contribution in [2.45, 2.75) is 12.3 Å². The molecule has 2 heteroatoms. The number of nitriles is 1. The lowest BCUT2D eigenvalue weighted by atomic mass is 9.97. The number of hydrogen-bond acceptors (Lipinski definition) is 2. The Kier molecular flexibility index (Phi) is 3.31. The fourth-order valence-corrected chi connectivity index (χ4v) is 1.12. The van der Waals surface area contributed by atoms with E-state index in [1.165, 1.54) is 0 Å². The molecule has 1 aromatic carbocycles. The Bertz CT molecular complexity index is 263. The lowest BCUT2D eigenvalue weighted by Gasteiger charge is -2.09. The smallest absolute Gasteiger partial charge is 0.0629 e. The molecule has 0 saturated carbocycles. The maximum Gasteiger partial charge on any atom is 0.0629 e. The van der Waals surface area contributed by atoms with E-state index in [0.717, 1.165) is 5.56 Å². The highest BCUT2D eigenvalue weighted by Gasteiger charge is 2.07. The monoisotopic (exact) mass is 161 g/mol. The van der Waals surface area contributed by atoms with Crippen LogP contribution in [0.4, 0.5) is 0 Å². The summed E-state index contributed by atoms with van der Waals surface area (Å²) in [6.45, 7) is 0.0393. The van der Waals surface area contributed by atoms with Crippen molar-refractivity contribution in [2.75, 3.05) is 6.61 Å². The molecule has 0 bridgehead atoms. The first kappa shape index (κ1) is 8.76. The molecular weight excluding hydrogens is 150 g/mol. The SMILES string of the molecule is N#CCC(CO)c1ccccc1. The Morgan fingerprint density at radius 3 is 2.50 bits per heavy atom. The second kappa shape index (κ2) is 4.53. The van der Waals surface area contributed by atoms with Crippen LogP contribution in [0, 0.1) is 11.3 Å². The summed E-state index contributed by atoms with van der Waals surface area (Å²) < 4.78 is 0. The van der Waals surface area contributed by atoms with Crippen molar-refractivity contribution in [3.8, 4) is 6.07 Å². The predicted octanol–water partition coefficient (Wildman–Crippen LogP) is 1.68. The van der Waals surface area contributed by atoms with Gasteiger partial charge in [-0.2, -0.15) is 5.26 Å². The van der Waals surface area contributed by atoms with Gasteiger partial charge in [-0.05, 0) is 5.56 Å².